The molecule has 3 aromatic rings. The summed E-state index contributed by atoms with van der Waals surface area (Å²) in [5.74, 6) is -0.542. The van der Waals surface area contributed by atoms with Gasteiger partial charge in [-0.25, -0.2) is 4.98 Å². The predicted octanol–water partition coefficient (Wildman–Crippen LogP) is 3.20. The second-order valence-corrected chi connectivity index (χ2v) is 7.37. The molecule has 0 fully saturated rings. The highest BCUT2D eigenvalue weighted by molar-refractivity contribution is 5.97. The van der Waals surface area contributed by atoms with Gasteiger partial charge in [0.2, 0.25) is 0 Å². The van der Waals surface area contributed by atoms with Crippen molar-refractivity contribution in [3.8, 4) is 0 Å². The van der Waals surface area contributed by atoms with Gasteiger partial charge in [-0.15, -0.1) is 0 Å². The lowest BCUT2D eigenvalue weighted by atomic mass is 10.0. The maximum absolute atomic E-state index is 12.4. The fourth-order valence-corrected chi connectivity index (χ4v) is 3.77. The van der Waals surface area contributed by atoms with Gasteiger partial charge in [-0.2, -0.15) is 0 Å². The highest BCUT2D eigenvalue weighted by Crippen LogP contribution is 2.23. The summed E-state index contributed by atoms with van der Waals surface area (Å²) in [5.41, 5.74) is 4.67. The molecule has 0 amide bonds. The number of carbonyl (C=O) groups is 2. The van der Waals surface area contributed by atoms with E-state index in [9.17, 15) is 14.4 Å². The van der Waals surface area contributed by atoms with Gasteiger partial charge in [-0.1, -0.05) is 18.2 Å². The first-order chi connectivity index (χ1) is 14.0. The number of nitrogens with zero attached hydrogens (tertiary/aromatic N) is 2. The van der Waals surface area contributed by atoms with Gasteiger partial charge in [-0.3, -0.25) is 18.8 Å². The van der Waals surface area contributed by atoms with Gasteiger partial charge in [0.25, 0.3) is 5.56 Å². The number of ether oxygens (including phenoxy) is 1. The van der Waals surface area contributed by atoms with Crippen molar-refractivity contribution in [1.82, 2.24) is 9.38 Å². The Balaban J connectivity index is 1.34. The van der Waals surface area contributed by atoms with E-state index >= 15 is 0 Å². The lowest BCUT2D eigenvalue weighted by molar-refractivity contribution is -0.145. The molecule has 0 unspecified atom stereocenters. The topological polar surface area (TPSA) is 77.7 Å². The van der Waals surface area contributed by atoms with Crippen LogP contribution in [0.25, 0.3) is 5.65 Å². The Bertz CT molecular complexity index is 1160. The van der Waals surface area contributed by atoms with Crippen LogP contribution in [-0.2, 0) is 29.0 Å². The van der Waals surface area contributed by atoms with Crippen LogP contribution in [0.15, 0.2) is 47.3 Å². The number of rotatable bonds is 6. The maximum atomic E-state index is 12.4. The van der Waals surface area contributed by atoms with Crippen molar-refractivity contribution >= 4 is 17.4 Å². The number of aromatic nitrogens is 2. The molecule has 2 aromatic heterocycles. The number of pyridine rings is 1. The number of hydrogen-bond acceptors (Lipinski definition) is 5. The van der Waals surface area contributed by atoms with E-state index in [1.165, 1.54) is 21.6 Å². The van der Waals surface area contributed by atoms with Gasteiger partial charge in [0.05, 0.1) is 12.1 Å². The molecule has 0 spiro atoms. The Morgan fingerprint density at radius 2 is 1.90 bits per heavy atom. The van der Waals surface area contributed by atoms with Gasteiger partial charge in [0.15, 0.2) is 5.78 Å². The molecule has 1 aliphatic rings. The number of esters is 1. The van der Waals surface area contributed by atoms with Crippen molar-refractivity contribution in [2.45, 2.75) is 45.6 Å². The number of aryl methyl sites for hydroxylation is 3. The summed E-state index contributed by atoms with van der Waals surface area (Å²) in [6, 6.07) is 12.5. The average molecular weight is 390 g/mol. The Kier molecular flexibility index (Phi) is 5.25. The van der Waals surface area contributed by atoms with Gasteiger partial charge in [0.1, 0.15) is 12.3 Å². The van der Waals surface area contributed by atoms with E-state index in [2.05, 4.69) is 4.98 Å². The van der Waals surface area contributed by atoms with Gasteiger partial charge < -0.3 is 4.74 Å². The van der Waals surface area contributed by atoms with Crippen LogP contribution < -0.4 is 5.56 Å². The highest BCUT2D eigenvalue weighted by Gasteiger charge is 2.15. The van der Waals surface area contributed by atoms with Gasteiger partial charge >= 0.3 is 5.97 Å². The standard InChI is InChI=1S/C23H22N2O4/c1-15-4-2-7-21-24-19(13-22(27)25(15)21)14-29-23(28)11-10-20(26)18-9-8-16-5-3-6-17(16)12-18/h2,4,7-9,12-13H,3,5-6,10-11,14H2,1H3. The van der Waals surface area contributed by atoms with Crippen LogP contribution in [-0.4, -0.2) is 21.1 Å². The third-order valence-corrected chi connectivity index (χ3v) is 5.29. The summed E-state index contributed by atoms with van der Waals surface area (Å²) in [5, 5.41) is 0. The normalized spacial score (nSPS) is 12.7. The van der Waals surface area contributed by atoms with E-state index < -0.39 is 5.97 Å². The first-order valence-corrected chi connectivity index (χ1v) is 9.80. The van der Waals surface area contributed by atoms with E-state index in [1.54, 1.807) is 6.07 Å². The summed E-state index contributed by atoms with van der Waals surface area (Å²) in [6.07, 6.45) is 3.32. The molecule has 0 saturated heterocycles. The monoisotopic (exact) mass is 390 g/mol. The van der Waals surface area contributed by atoms with Crippen LogP contribution in [0, 0.1) is 6.92 Å². The van der Waals surface area contributed by atoms with Crippen molar-refractivity contribution in [1.29, 1.82) is 0 Å². The molecule has 6 nitrogen and oxygen atoms in total. The number of ketones is 1. The Hall–Kier alpha value is -3.28. The minimum absolute atomic E-state index is 0.00158. The molecular weight excluding hydrogens is 368 g/mol. The lowest BCUT2D eigenvalue weighted by Crippen LogP contribution is -2.18. The molecule has 1 aromatic carbocycles. The molecule has 0 atom stereocenters. The number of Topliss-reactive ketones (excluding diaryl/α,β-unsaturated/α-hetero) is 1. The Morgan fingerprint density at radius 3 is 2.76 bits per heavy atom. The summed E-state index contributed by atoms with van der Waals surface area (Å²) in [6.45, 7) is 1.74. The Morgan fingerprint density at radius 1 is 1.07 bits per heavy atom. The second kappa shape index (κ2) is 7.99. The van der Waals surface area contributed by atoms with Crippen molar-refractivity contribution in [3.63, 3.8) is 0 Å². The number of hydrogen-bond donors (Lipinski definition) is 0. The predicted molar refractivity (Wildman–Crippen MR) is 108 cm³/mol. The second-order valence-electron chi connectivity index (χ2n) is 7.37. The van der Waals surface area contributed by atoms with Gasteiger partial charge in [0, 0.05) is 23.7 Å². The smallest absolute Gasteiger partial charge is 0.306 e. The van der Waals surface area contributed by atoms with Crippen LogP contribution in [0.5, 0.6) is 0 Å². The Labute approximate surface area is 168 Å². The molecule has 0 bridgehead atoms. The van der Waals surface area contributed by atoms with Crippen molar-refractivity contribution < 1.29 is 14.3 Å². The quantitative estimate of drug-likeness (QED) is 0.477. The molecule has 0 saturated carbocycles. The molecule has 6 heteroatoms. The minimum Gasteiger partial charge on any atom is -0.459 e. The summed E-state index contributed by atoms with van der Waals surface area (Å²) in [4.78, 5) is 41.1. The first-order valence-electron chi connectivity index (χ1n) is 9.80. The summed E-state index contributed by atoms with van der Waals surface area (Å²) in [7, 11) is 0. The molecular formula is C23H22N2O4. The first kappa shape index (κ1) is 19.1. The van der Waals surface area contributed by atoms with E-state index in [0.29, 0.717) is 16.9 Å². The fourth-order valence-electron chi connectivity index (χ4n) is 3.77. The zero-order valence-corrected chi connectivity index (χ0v) is 16.3. The van der Waals surface area contributed by atoms with Crippen molar-refractivity contribution in [2.24, 2.45) is 0 Å². The zero-order valence-electron chi connectivity index (χ0n) is 16.3. The molecule has 29 heavy (non-hydrogen) atoms. The largest absolute Gasteiger partial charge is 0.459 e. The van der Waals surface area contributed by atoms with E-state index in [4.69, 9.17) is 4.74 Å². The van der Waals surface area contributed by atoms with E-state index in [-0.39, 0.29) is 30.8 Å². The van der Waals surface area contributed by atoms with Crippen LogP contribution in [0.2, 0.25) is 0 Å². The molecule has 0 radical (unpaired) electrons. The van der Waals surface area contributed by atoms with E-state index in [1.807, 2.05) is 37.3 Å². The minimum atomic E-state index is -0.481. The third kappa shape index (κ3) is 4.11. The maximum Gasteiger partial charge on any atom is 0.306 e. The number of fused-ring (bicyclic) bond motifs is 2. The van der Waals surface area contributed by atoms with Crippen LogP contribution in [0.4, 0.5) is 0 Å². The number of benzene rings is 1. The van der Waals surface area contributed by atoms with Gasteiger partial charge in [-0.05, 0) is 55.5 Å². The average Bonchev–Trinajstić information content (AvgIpc) is 3.18. The van der Waals surface area contributed by atoms with Crippen molar-refractivity contribution in [2.75, 3.05) is 0 Å². The molecule has 4 rings (SSSR count). The molecule has 2 heterocycles. The van der Waals surface area contributed by atoms with Crippen molar-refractivity contribution in [3.05, 3.63) is 80.9 Å². The molecule has 1 aliphatic carbocycles. The summed E-state index contributed by atoms with van der Waals surface area (Å²) >= 11 is 0. The molecule has 148 valence electrons. The van der Waals surface area contributed by atoms with Crippen LogP contribution >= 0.6 is 0 Å². The highest BCUT2D eigenvalue weighted by atomic mass is 16.5. The summed E-state index contributed by atoms with van der Waals surface area (Å²) < 4.78 is 6.72. The lowest BCUT2D eigenvalue weighted by Gasteiger charge is -2.08. The zero-order chi connectivity index (χ0) is 20.4. The van der Waals surface area contributed by atoms with E-state index in [0.717, 1.165) is 25.0 Å². The number of carbonyl (C=O) groups excluding carboxylic acids is 2. The SMILES string of the molecule is Cc1cccc2nc(COC(=O)CCC(=O)c3ccc4c(c3)CCC4)cc(=O)n12. The molecule has 0 N–H and O–H groups in total. The third-order valence-electron chi connectivity index (χ3n) is 5.29. The van der Waals surface area contributed by atoms with Crippen LogP contribution in [0.3, 0.4) is 0 Å². The van der Waals surface area contributed by atoms with Crippen LogP contribution in [0.1, 0.15) is 52.1 Å². The molecule has 0 aliphatic heterocycles. The fraction of sp³-hybridized carbons (Fsp3) is 0.304.